The first kappa shape index (κ1) is 20.9. The number of carbonyl (C=O) groups is 1. The number of hydrogen-bond acceptors (Lipinski definition) is 4. The average Bonchev–Trinajstić information content (AvgIpc) is 3.11. The summed E-state index contributed by atoms with van der Waals surface area (Å²) in [5.41, 5.74) is 1.11. The predicted molar refractivity (Wildman–Crippen MR) is 111 cm³/mol. The van der Waals surface area contributed by atoms with Gasteiger partial charge >= 0.3 is 0 Å². The zero-order valence-corrected chi connectivity index (χ0v) is 17.2. The van der Waals surface area contributed by atoms with Crippen molar-refractivity contribution in [3.8, 4) is 5.75 Å². The van der Waals surface area contributed by atoms with Crippen molar-refractivity contribution in [3.63, 3.8) is 0 Å². The quantitative estimate of drug-likeness (QED) is 0.559. The molecule has 1 fully saturated rings. The van der Waals surface area contributed by atoms with Gasteiger partial charge in [0.05, 0.1) is 12.8 Å². The van der Waals surface area contributed by atoms with Crippen molar-refractivity contribution in [2.45, 2.75) is 26.3 Å². The lowest BCUT2D eigenvalue weighted by atomic mass is 10.2. The number of aliphatic imine (C=N–C) groups is 1. The maximum Gasteiger partial charge on any atom is 0.243 e. The molecule has 7 heteroatoms. The van der Waals surface area contributed by atoms with Crippen LogP contribution in [0.2, 0.25) is 0 Å². The van der Waals surface area contributed by atoms with Crippen LogP contribution in [0.25, 0.3) is 0 Å². The standard InChI is InChI=1S/C20H33N5O2/c1-15(2)12-21-20(22-13-19(26)24(3)4)23-16-10-11-25(14-16)17-8-6-7-9-18(17)27-5/h6-9,15-16H,10-14H2,1-5H3,(H2,21,22,23). The molecule has 1 aromatic carbocycles. The lowest BCUT2D eigenvalue weighted by Gasteiger charge is -2.22. The number of para-hydroxylation sites is 2. The van der Waals surface area contributed by atoms with Crippen molar-refractivity contribution >= 4 is 17.6 Å². The predicted octanol–water partition coefficient (Wildman–Crippen LogP) is 1.55. The number of likely N-dealkylation sites (N-methyl/N-ethyl adjacent to an activating group) is 1. The number of benzene rings is 1. The normalized spacial score (nSPS) is 17.2. The van der Waals surface area contributed by atoms with Crippen LogP contribution in [0.3, 0.4) is 0 Å². The summed E-state index contributed by atoms with van der Waals surface area (Å²) in [6.45, 7) is 7.06. The Bertz CT molecular complexity index is 645. The Morgan fingerprint density at radius 3 is 2.78 bits per heavy atom. The molecular weight excluding hydrogens is 342 g/mol. The van der Waals surface area contributed by atoms with Crippen molar-refractivity contribution in [2.75, 3.05) is 52.3 Å². The summed E-state index contributed by atoms with van der Waals surface area (Å²) in [4.78, 5) is 20.2. The number of methoxy groups -OCH3 is 1. The smallest absolute Gasteiger partial charge is 0.243 e. The molecule has 0 radical (unpaired) electrons. The molecule has 0 bridgehead atoms. The summed E-state index contributed by atoms with van der Waals surface area (Å²) < 4.78 is 5.49. The number of hydrogen-bond donors (Lipinski definition) is 2. The number of nitrogens with zero attached hydrogens (tertiary/aromatic N) is 3. The largest absolute Gasteiger partial charge is 0.495 e. The van der Waals surface area contributed by atoms with Gasteiger partial charge in [0, 0.05) is 39.8 Å². The van der Waals surface area contributed by atoms with Crippen LogP contribution >= 0.6 is 0 Å². The van der Waals surface area contributed by atoms with Crippen LogP contribution in [0.1, 0.15) is 20.3 Å². The van der Waals surface area contributed by atoms with Gasteiger partial charge in [-0.25, -0.2) is 4.99 Å². The summed E-state index contributed by atoms with van der Waals surface area (Å²) in [7, 11) is 5.19. The highest BCUT2D eigenvalue weighted by atomic mass is 16.5. The SMILES string of the molecule is COc1ccccc1N1CCC(NC(=NCC(=O)N(C)C)NCC(C)C)C1. The van der Waals surface area contributed by atoms with Gasteiger partial charge in [-0.1, -0.05) is 26.0 Å². The van der Waals surface area contributed by atoms with Crippen LogP contribution in [-0.4, -0.2) is 70.2 Å². The fraction of sp³-hybridized carbons (Fsp3) is 0.600. The summed E-state index contributed by atoms with van der Waals surface area (Å²) in [5.74, 6) is 2.07. The van der Waals surface area contributed by atoms with E-state index >= 15 is 0 Å². The van der Waals surface area contributed by atoms with Gasteiger partial charge in [0.2, 0.25) is 5.91 Å². The van der Waals surface area contributed by atoms with Gasteiger partial charge < -0.3 is 25.2 Å². The molecule has 0 aromatic heterocycles. The van der Waals surface area contributed by atoms with Crippen LogP contribution < -0.4 is 20.3 Å². The van der Waals surface area contributed by atoms with Crippen molar-refractivity contribution in [2.24, 2.45) is 10.9 Å². The second kappa shape index (κ2) is 10.0. The molecule has 1 heterocycles. The number of ether oxygens (including phenoxy) is 1. The molecule has 1 atom stereocenters. The lowest BCUT2D eigenvalue weighted by molar-refractivity contribution is -0.127. The van der Waals surface area contributed by atoms with Crippen molar-refractivity contribution in [1.29, 1.82) is 0 Å². The van der Waals surface area contributed by atoms with Crippen LogP contribution in [0.15, 0.2) is 29.3 Å². The van der Waals surface area contributed by atoms with Gasteiger partial charge in [-0.3, -0.25) is 4.79 Å². The number of nitrogens with one attached hydrogen (secondary N) is 2. The van der Waals surface area contributed by atoms with Gasteiger partial charge in [-0.05, 0) is 24.5 Å². The number of rotatable bonds is 7. The molecule has 0 aliphatic carbocycles. The van der Waals surface area contributed by atoms with Crippen molar-refractivity contribution < 1.29 is 9.53 Å². The maximum atomic E-state index is 11.9. The highest BCUT2D eigenvalue weighted by Crippen LogP contribution is 2.30. The van der Waals surface area contributed by atoms with E-state index in [0.717, 1.165) is 37.5 Å². The van der Waals surface area contributed by atoms with E-state index in [1.54, 1.807) is 26.1 Å². The van der Waals surface area contributed by atoms with E-state index in [0.29, 0.717) is 11.9 Å². The summed E-state index contributed by atoms with van der Waals surface area (Å²) >= 11 is 0. The fourth-order valence-electron chi connectivity index (χ4n) is 2.92. The number of carbonyl (C=O) groups excluding carboxylic acids is 1. The third kappa shape index (κ3) is 6.34. The molecule has 0 spiro atoms. The van der Waals surface area contributed by atoms with Crippen molar-refractivity contribution in [1.82, 2.24) is 15.5 Å². The maximum absolute atomic E-state index is 11.9. The van der Waals surface area contributed by atoms with Gasteiger partial charge in [-0.15, -0.1) is 0 Å². The third-order valence-corrected chi connectivity index (χ3v) is 4.50. The van der Waals surface area contributed by atoms with Gasteiger partial charge in [0.15, 0.2) is 5.96 Å². The molecule has 1 aliphatic heterocycles. The molecule has 1 unspecified atom stereocenters. The lowest BCUT2D eigenvalue weighted by Crippen LogP contribution is -2.46. The summed E-state index contributed by atoms with van der Waals surface area (Å²) in [5, 5.41) is 6.83. The Kier molecular flexibility index (Phi) is 7.76. The van der Waals surface area contributed by atoms with Gasteiger partial charge in [0.1, 0.15) is 12.3 Å². The van der Waals surface area contributed by atoms with E-state index in [2.05, 4.69) is 40.4 Å². The first-order valence-electron chi connectivity index (χ1n) is 9.53. The molecule has 1 amide bonds. The molecule has 7 nitrogen and oxygen atoms in total. The van der Waals surface area contributed by atoms with Crippen LogP contribution in [-0.2, 0) is 4.79 Å². The minimum atomic E-state index is -0.0114. The second-order valence-electron chi connectivity index (χ2n) is 7.48. The molecule has 2 N–H and O–H groups in total. The average molecular weight is 376 g/mol. The van der Waals surface area contributed by atoms with Gasteiger partial charge in [0.25, 0.3) is 0 Å². The number of amides is 1. The highest BCUT2D eigenvalue weighted by Gasteiger charge is 2.25. The van der Waals surface area contributed by atoms with E-state index in [1.165, 1.54) is 0 Å². The topological polar surface area (TPSA) is 69.2 Å². The van der Waals surface area contributed by atoms with Gasteiger partial charge in [-0.2, -0.15) is 0 Å². The van der Waals surface area contributed by atoms with E-state index in [9.17, 15) is 4.79 Å². The second-order valence-corrected chi connectivity index (χ2v) is 7.48. The Hall–Kier alpha value is -2.44. The van der Waals surface area contributed by atoms with E-state index in [-0.39, 0.29) is 18.5 Å². The van der Waals surface area contributed by atoms with E-state index in [1.807, 2.05) is 18.2 Å². The zero-order valence-electron chi connectivity index (χ0n) is 17.2. The monoisotopic (exact) mass is 375 g/mol. The Morgan fingerprint density at radius 1 is 1.37 bits per heavy atom. The van der Waals surface area contributed by atoms with Crippen LogP contribution in [0, 0.1) is 5.92 Å². The summed E-state index contributed by atoms with van der Waals surface area (Å²) in [6, 6.07) is 8.35. The highest BCUT2D eigenvalue weighted by molar-refractivity contribution is 5.85. The number of anilines is 1. The van der Waals surface area contributed by atoms with E-state index < -0.39 is 0 Å². The Morgan fingerprint density at radius 2 is 2.11 bits per heavy atom. The number of guanidine groups is 1. The van der Waals surface area contributed by atoms with E-state index in [4.69, 9.17) is 4.74 Å². The van der Waals surface area contributed by atoms with Crippen molar-refractivity contribution in [3.05, 3.63) is 24.3 Å². The minimum absolute atomic E-state index is 0.0114. The molecule has 27 heavy (non-hydrogen) atoms. The molecule has 1 saturated heterocycles. The molecule has 2 rings (SSSR count). The Labute approximate surface area is 162 Å². The molecular formula is C20H33N5O2. The van der Waals surface area contributed by atoms with Crippen LogP contribution in [0.4, 0.5) is 5.69 Å². The molecule has 0 saturated carbocycles. The first-order valence-corrected chi connectivity index (χ1v) is 9.53. The fourth-order valence-corrected chi connectivity index (χ4v) is 2.92. The summed E-state index contributed by atoms with van der Waals surface area (Å²) in [6.07, 6.45) is 1.00. The molecule has 1 aromatic rings. The Balaban J connectivity index is 2.00. The third-order valence-electron chi connectivity index (χ3n) is 4.50. The molecule has 1 aliphatic rings. The molecule has 150 valence electrons. The van der Waals surface area contributed by atoms with Crippen LogP contribution in [0.5, 0.6) is 5.75 Å². The minimum Gasteiger partial charge on any atom is -0.495 e. The zero-order chi connectivity index (χ0) is 19.8. The first-order chi connectivity index (χ1) is 12.9.